The topological polar surface area (TPSA) is 87.1 Å². The lowest BCUT2D eigenvalue weighted by molar-refractivity contribution is 0.0494. The van der Waals surface area contributed by atoms with Crippen LogP contribution in [-0.4, -0.2) is 24.3 Å². The number of ether oxygens (including phenoxy) is 1. The van der Waals surface area contributed by atoms with E-state index in [-0.39, 0.29) is 12.0 Å². The van der Waals surface area contributed by atoms with Crippen LogP contribution in [0.5, 0.6) is 0 Å². The summed E-state index contributed by atoms with van der Waals surface area (Å²) in [5.74, 6) is 0.235. The van der Waals surface area contributed by atoms with E-state index in [0.717, 1.165) is 19.3 Å². The Labute approximate surface area is 101 Å². The third-order valence-corrected chi connectivity index (χ3v) is 2.74. The zero-order valence-electron chi connectivity index (χ0n) is 10.6. The summed E-state index contributed by atoms with van der Waals surface area (Å²) in [5, 5.41) is 6.42. The summed E-state index contributed by atoms with van der Waals surface area (Å²) in [4.78, 5) is 14.4. The van der Waals surface area contributed by atoms with Gasteiger partial charge in [-0.1, -0.05) is 11.5 Å². The number of nitrogens with zero attached hydrogens (tertiary/aromatic N) is 3. The van der Waals surface area contributed by atoms with Crippen LogP contribution in [0.2, 0.25) is 0 Å². The third-order valence-electron chi connectivity index (χ3n) is 2.74. The predicted molar refractivity (Wildman–Crippen MR) is 64.5 cm³/mol. The monoisotopic (exact) mass is 240 g/mol. The highest BCUT2D eigenvalue weighted by Gasteiger charge is 2.29. The minimum absolute atomic E-state index is 0.0651. The molecule has 0 aromatic carbocycles. The zero-order chi connectivity index (χ0) is 12.9. The van der Waals surface area contributed by atoms with Crippen molar-refractivity contribution in [3.05, 3.63) is 10.4 Å². The van der Waals surface area contributed by atoms with Crippen LogP contribution in [0.15, 0.2) is 5.11 Å². The maximum atomic E-state index is 11.6. The number of carbonyl (C=O) groups excluding carboxylic acids is 1. The number of alkyl carbamates (subject to hydrolysis) is 1. The molecule has 0 radical (unpaired) electrons. The lowest BCUT2D eigenvalue weighted by Crippen LogP contribution is -2.41. The highest BCUT2D eigenvalue weighted by molar-refractivity contribution is 5.68. The third kappa shape index (κ3) is 4.95. The zero-order valence-corrected chi connectivity index (χ0v) is 10.6. The number of azide groups is 1. The summed E-state index contributed by atoms with van der Waals surface area (Å²) >= 11 is 0. The number of rotatable bonds is 3. The van der Waals surface area contributed by atoms with Crippen LogP contribution in [0.3, 0.4) is 0 Å². The van der Waals surface area contributed by atoms with Crippen molar-refractivity contribution >= 4 is 6.09 Å². The maximum Gasteiger partial charge on any atom is 0.407 e. The Morgan fingerprint density at radius 1 is 1.53 bits per heavy atom. The molecule has 1 fully saturated rings. The fourth-order valence-corrected chi connectivity index (χ4v) is 2.05. The summed E-state index contributed by atoms with van der Waals surface area (Å²) in [5.41, 5.74) is 7.81. The van der Waals surface area contributed by atoms with Gasteiger partial charge in [-0.3, -0.25) is 0 Å². The van der Waals surface area contributed by atoms with Gasteiger partial charge in [0.2, 0.25) is 0 Å². The normalized spacial score (nSPS) is 23.9. The minimum atomic E-state index is -0.483. The Hall–Kier alpha value is -1.42. The van der Waals surface area contributed by atoms with Gasteiger partial charge >= 0.3 is 6.09 Å². The van der Waals surface area contributed by atoms with Crippen molar-refractivity contribution in [2.24, 2.45) is 11.0 Å². The molecular weight excluding hydrogens is 220 g/mol. The summed E-state index contributed by atoms with van der Waals surface area (Å²) in [6.07, 6.45) is 2.56. The van der Waals surface area contributed by atoms with Gasteiger partial charge in [0.15, 0.2) is 0 Å². The van der Waals surface area contributed by atoms with Gasteiger partial charge in [0.25, 0.3) is 0 Å². The molecule has 0 aliphatic heterocycles. The second-order valence-corrected chi connectivity index (χ2v) is 5.36. The summed E-state index contributed by atoms with van der Waals surface area (Å²) in [6, 6.07) is 0.0651. The van der Waals surface area contributed by atoms with E-state index in [9.17, 15) is 4.79 Å². The first-order chi connectivity index (χ1) is 7.92. The van der Waals surface area contributed by atoms with Crippen molar-refractivity contribution in [2.75, 3.05) is 6.54 Å². The maximum absolute atomic E-state index is 11.6. The summed E-state index contributed by atoms with van der Waals surface area (Å²) < 4.78 is 5.20. The lowest BCUT2D eigenvalue weighted by Gasteiger charge is -2.24. The van der Waals surface area contributed by atoms with Gasteiger partial charge in [0, 0.05) is 17.5 Å². The first-order valence-electron chi connectivity index (χ1n) is 5.93. The van der Waals surface area contributed by atoms with E-state index in [4.69, 9.17) is 10.3 Å². The Morgan fingerprint density at radius 2 is 2.24 bits per heavy atom. The molecule has 0 heterocycles. The average molecular weight is 240 g/mol. The van der Waals surface area contributed by atoms with E-state index in [1.54, 1.807) is 0 Å². The van der Waals surface area contributed by atoms with E-state index in [1.807, 2.05) is 20.8 Å². The van der Waals surface area contributed by atoms with E-state index in [1.165, 1.54) is 0 Å². The van der Waals surface area contributed by atoms with Crippen molar-refractivity contribution in [1.29, 1.82) is 0 Å². The standard InChI is InChI=1S/C11H20N4O2/c1-11(2,3)17-10(16)14-9-6-4-5-8(9)7-13-15-12/h8-9H,4-7H2,1-3H3,(H,14,16)/t8-,9+/m1/s1. The van der Waals surface area contributed by atoms with E-state index in [0.29, 0.717) is 6.54 Å². The smallest absolute Gasteiger partial charge is 0.407 e. The first kappa shape index (κ1) is 13.6. The van der Waals surface area contributed by atoms with E-state index < -0.39 is 11.7 Å². The van der Waals surface area contributed by atoms with Crippen LogP contribution >= 0.6 is 0 Å². The highest BCUT2D eigenvalue weighted by Crippen LogP contribution is 2.26. The molecule has 2 atom stereocenters. The molecule has 96 valence electrons. The Kier molecular flexibility index (Phi) is 4.63. The highest BCUT2D eigenvalue weighted by atomic mass is 16.6. The number of nitrogens with one attached hydrogen (secondary N) is 1. The van der Waals surface area contributed by atoms with Gasteiger partial charge in [0.05, 0.1) is 0 Å². The number of carbonyl (C=O) groups is 1. The Morgan fingerprint density at radius 3 is 2.82 bits per heavy atom. The molecule has 6 nitrogen and oxygen atoms in total. The van der Waals surface area contributed by atoms with Gasteiger partial charge in [0.1, 0.15) is 5.60 Å². The van der Waals surface area contributed by atoms with Crippen molar-refractivity contribution in [3.8, 4) is 0 Å². The van der Waals surface area contributed by atoms with Crippen LogP contribution in [0, 0.1) is 5.92 Å². The first-order valence-corrected chi connectivity index (χ1v) is 5.93. The molecule has 0 aromatic heterocycles. The molecule has 1 saturated carbocycles. The fraction of sp³-hybridized carbons (Fsp3) is 0.909. The molecule has 0 saturated heterocycles. The molecule has 0 unspecified atom stereocenters. The van der Waals surface area contributed by atoms with Crippen LogP contribution in [-0.2, 0) is 4.74 Å². The quantitative estimate of drug-likeness (QED) is 0.467. The summed E-state index contributed by atoms with van der Waals surface area (Å²) in [7, 11) is 0. The van der Waals surface area contributed by atoms with Crippen LogP contribution < -0.4 is 5.32 Å². The molecule has 1 aliphatic carbocycles. The fourth-order valence-electron chi connectivity index (χ4n) is 2.05. The van der Waals surface area contributed by atoms with Gasteiger partial charge in [-0.25, -0.2) is 4.79 Å². The largest absolute Gasteiger partial charge is 0.444 e. The van der Waals surface area contributed by atoms with E-state index in [2.05, 4.69) is 15.3 Å². The number of hydrogen-bond donors (Lipinski definition) is 1. The molecule has 17 heavy (non-hydrogen) atoms. The number of hydrogen-bond acceptors (Lipinski definition) is 3. The van der Waals surface area contributed by atoms with Gasteiger partial charge < -0.3 is 10.1 Å². The molecular formula is C11H20N4O2. The van der Waals surface area contributed by atoms with Crippen LogP contribution in [0.4, 0.5) is 4.79 Å². The van der Waals surface area contributed by atoms with E-state index >= 15 is 0 Å². The van der Waals surface area contributed by atoms with Crippen molar-refractivity contribution < 1.29 is 9.53 Å². The number of amides is 1. The Bertz CT molecular complexity index is 318. The summed E-state index contributed by atoms with van der Waals surface area (Å²) in [6.45, 7) is 5.94. The molecule has 1 rings (SSSR count). The molecule has 1 N–H and O–H groups in total. The lowest BCUT2D eigenvalue weighted by atomic mass is 10.0. The average Bonchev–Trinajstić information content (AvgIpc) is 2.59. The molecule has 1 amide bonds. The van der Waals surface area contributed by atoms with Gasteiger partial charge in [-0.05, 0) is 45.1 Å². The molecule has 6 heteroatoms. The molecule has 0 aromatic rings. The molecule has 1 aliphatic rings. The van der Waals surface area contributed by atoms with Gasteiger partial charge in [-0.2, -0.15) is 0 Å². The second-order valence-electron chi connectivity index (χ2n) is 5.36. The van der Waals surface area contributed by atoms with Crippen LogP contribution in [0.1, 0.15) is 40.0 Å². The molecule has 0 bridgehead atoms. The van der Waals surface area contributed by atoms with Crippen LogP contribution in [0.25, 0.3) is 10.4 Å². The second kappa shape index (κ2) is 5.77. The van der Waals surface area contributed by atoms with Gasteiger partial charge in [-0.15, -0.1) is 0 Å². The van der Waals surface area contributed by atoms with Crippen molar-refractivity contribution in [1.82, 2.24) is 5.32 Å². The Balaban J connectivity index is 2.44. The minimum Gasteiger partial charge on any atom is -0.444 e. The molecule has 0 spiro atoms. The van der Waals surface area contributed by atoms with Crippen molar-refractivity contribution in [2.45, 2.75) is 51.7 Å². The van der Waals surface area contributed by atoms with Crippen molar-refractivity contribution in [3.63, 3.8) is 0 Å². The predicted octanol–water partition coefficient (Wildman–Crippen LogP) is 2.99. The SMILES string of the molecule is CC(C)(C)OC(=O)N[C@H]1CCC[C@@H]1CN=[N+]=[N-].